The molecule has 1 heterocycles. The van der Waals surface area contributed by atoms with Crippen molar-refractivity contribution in [3.8, 4) is 11.5 Å². The number of hydrogen-bond acceptors (Lipinski definition) is 4. The molecule has 0 aromatic heterocycles. The maximum absolute atomic E-state index is 13.4. The number of anilines is 2. The maximum atomic E-state index is 13.4. The molecule has 0 spiro atoms. The highest BCUT2D eigenvalue weighted by Crippen LogP contribution is 2.37. The van der Waals surface area contributed by atoms with Crippen LogP contribution in [0.4, 0.5) is 11.4 Å². The molecular weight excluding hydrogens is 444 g/mol. The van der Waals surface area contributed by atoms with Crippen LogP contribution in [0.1, 0.15) is 11.6 Å². The smallest absolute Gasteiger partial charge is 0.275 e. The normalized spacial score (nSPS) is 15.7. The van der Waals surface area contributed by atoms with Crippen LogP contribution < -0.4 is 19.7 Å². The van der Waals surface area contributed by atoms with Crippen LogP contribution in [0.25, 0.3) is 0 Å². The van der Waals surface area contributed by atoms with Crippen LogP contribution >= 0.6 is 15.9 Å². The van der Waals surface area contributed by atoms with Crippen molar-refractivity contribution in [2.45, 2.75) is 6.04 Å². The van der Waals surface area contributed by atoms with Crippen LogP contribution in [-0.2, 0) is 4.79 Å². The van der Waals surface area contributed by atoms with E-state index in [9.17, 15) is 4.79 Å². The third-order valence-corrected chi connectivity index (χ3v) is 5.45. The number of nitrogens with one attached hydrogen (secondary N) is 1. The van der Waals surface area contributed by atoms with Gasteiger partial charge in [-0.2, -0.15) is 0 Å². The van der Waals surface area contributed by atoms with Crippen LogP contribution in [0.5, 0.6) is 11.5 Å². The van der Waals surface area contributed by atoms with Gasteiger partial charge < -0.3 is 14.8 Å². The Morgan fingerprint density at radius 2 is 1.53 bits per heavy atom. The molecule has 0 aliphatic carbocycles. The minimum absolute atomic E-state index is 0.0963. The van der Waals surface area contributed by atoms with E-state index in [1.165, 1.54) is 0 Å². The summed E-state index contributed by atoms with van der Waals surface area (Å²) in [6.07, 6.45) is 1.96. The molecule has 0 bridgehead atoms. The number of ether oxygens (including phenoxy) is 2. The quantitative estimate of drug-likeness (QED) is 0.519. The molecule has 1 aliphatic heterocycles. The van der Waals surface area contributed by atoms with Crippen molar-refractivity contribution in [3.63, 3.8) is 0 Å². The Bertz CT molecular complexity index is 1080. The van der Waals surface area contributed by atoms with E-state index >= 15 is 0 Å². The number of amides is 1. The van der Waals surface area contributed by atoms with E-state index in [1.807, 2.05) is 78.9 Å². The predicted octanol–water partition coefficient (Wildman–Crippen LogP) is 5.55. The van der Waals surface area contributed by atoms with Crippen molar-refractivity contribution >= 4 is 33.2 Å². The van der Waals surface area contributed by atoms with Crippen molar-refractivity contribution in [2.24, 2.45) is 0 Å². The van der Waals surface area contributed by atoms with Crippen LogP contribution in [0.3, 0.4) is 0 Å². The number of hydrogen-bond donors (Lipinski definition) is 1. The molecule has 0 saturated carbocycles. The molecule has 3 aromatic rings. The number of methoxy groups -OCH3 is 2. The number of benzene rings is 3. The van der Waals surface area contributed by atoms with E-state index in [4.69, 9.17) is 9.47 Å². The Kier molecular flexibility index (Phi) is 5.77. The summed E-state index contributed by atoms with van der Waals surface area (Å²) >= 11 is 3.53. The van der Waals surface area contributed by atoms with Gasteiger partial charge in [0, 0.05) is 15.8 Å². The number of nitrogens with zero attached hydrogens (tertiary/aromatic N) is 1. The van der Waals surface area contributed by atoms with Crippen LogP contribution in [-0.4, -0.2) is 20.1 Å². The van der Waals surface area contributed by atoms with Crippen LogP contribution in [0.15, 0.2) is 89.0 Å². The number of carbonyl (C=O) groups is 1. The monoisotopic (exact) mass is 464 g/mol. The molecule has 1 atom stereocenters. The first kappa shape index (κ1) is 20.0. The van der Waals surface area contributed by atoms with Gasteiger partial charge >= 0.3 is 0 Å². The predicted molar refractivity (Wildman–Crippen MR) is 122 cm³/mol. The first-order valence-corrected chi connectivity index (χ1v) is 10.2. The Morgan fingerprint density at radius 3 is 2.13 bits per heavy atom. The summed E-state index contributed by atoms with van der Waals surface area (Å²) in [6.45, 7) is 0. The molecule has 1 N–H and O–H groups in total. The molecule has 0 radical (unpaired) electrons. The van der Waals surface area contributed by atoms with E-state index in [0.29, 0.717) is 5.70 Å². The molecule has 6 heteroatoms. The second kappa shape index (κ2) is 8.63. The zero-order chi connectivity index (χ0) is 21.1. The lowest BCUT2D eigenvalue weighted by Gasteiger charge is -2.25. The molecule has 0 unspecified atom stereocenters. The van der Waals surface area contributed by atoms with Gasteiger partial charge in [-0.1, -0.05) is 28.1 Å². The summed E-state index contributed by atoms with van der Waals surface area (Å²) in [5.74, 6) is 1.41. The van der Waals surface area contributed by atoms with Gasteiger partial charge in [0.15, 0.2) is 0 Å². The third kappa shape index (κ3) is 4.04. The summed E-state index contributed by atoms with van der Waals surface area (Å²) in [4.78, 5) is 15.2. The molecule has 30 heavy (non-hydrogen) atoms. The lowest BCUT2D eigenvalue weighted by molar-refractivity contribution is -0.114. The highest BCUT2D eigenvalue weighted by Gasteiger charge is 2.34. The molecule has 152 valence electrons. The second-order valence-corrected chi connectivity index (χ2v) is 7.72. The summed E-state index contributed by atoms with van der Waals surface area (Å²) in [5, 5.41) is 3.26. The van der Waals surface area contributed by atoms with Crippen molar-refractivity contribution in [1.82, 2.24) is 0 Å². The van der Waals surface area contributed by atoms with Crippen LogP contribution in [0, 0.1) is 0 Å². The highest BCUT2D eigenvalue weighted by atomic mass is 79.9. The molecular formula is C24H21BrN2O3. The Hall–Kier alpha value is -3.25. The fourth-order valence-electron chi connectivity index (χ4n) is 3.44. The molecule has 1 amide bonds. The lowest BCUT2D eigenvalue weighted by Crippen LogP contribution is -2.30. The fourth-order valence-corrected chi connectivity index (χ4v) is 3.86. The van der Waals surface area contributed by atoms with Crippen molar-refractivity contribution < 1.29 is 14.3 Å². The van der Waals surface area contributed by atoms with Gasteiger partial charge in [-0.25, -0.2) is 0 Å². The summed E-state index contributed by atoms with van der Waals surface area (Å²) in [7, 11) is 3.25. The Balaban J connectivity index is 1.69. The first-order chi connectivity index (χ1) is 14.6. The lowest BCUT2D eigenvalue weighted by atomic mass is 10.1. The summed E-state index contributed by atoms with van der Waals surface area (Å²) in [6, 6.07) is 22.7. The molecule has 5 nitrogen and oxygen atoms in total. The molecule has 3 aromatic carbocycles. The van der Waals surface area contributed by atoms with E-state index < -0.39 is 0 Å². The van der Waals surface area contributed by atoms with E-state index in [-0.39, 0.29) is 11.9 Å². The zero-order valence-electron chi connectivity index (χ0n) is 16.6. The SMILES string of the molecule is COc1ccc(NC2=C[C@H](c3cccc(Br)c3)N(c3ccc(OC)cc3)C2=O)cc1. The Morgan fingerprint density at radius 1 is 0.900 bits per heavy atom. The third-order valence-electron chi connectivity index (χ3n) is 4.96. The van der Waals surface area contributed by atoms with Gasteiger partial charge in [0.2, 0.25) is 0 Å². The first-order valence-electron chi connectivity index (χ1n) is 9.45. The highest BCUT2D eigenvalue weighted by molar-refractivity contribution is 9.10. The fraction of sp³-hybridized carbons (Fsp3) is 0.125. The van der Waals surface area contributed by atoms with Gasteiger partial charge in [0.05, 0.1) is 20.3 Å². The van der Waals surface area contributed by atoms with Crippen molar-refractivity contribution in [1.29, 1.82) is 0 Å². The average Bonchev–Trinajstić information content (AvgIpc) is 3.10. The average molecular weight is 465 g/mol. The maximum Gasteiger partial charge on any atom is 0.275 e. The number of rotatable bonds is 6. The molecule has 1 aliphatic rings. The van der Waals surface area contributed by atoms with Gasteiger partial charge in [-0.05, 0) is 72.3 Å². The minimum atomic E-state index is -0.232. The minimum Gasteiger partial charge on any atom is -0.497 e. The van der Waals surface area contributed by atoms with Gasteiger partial charge in [-0.15, -0.1) is 0 Å². The van der Waals surface area contributed by atoms with Crippen molar-refractivity contribution in [3.05, 3.63) is 94.6 Å². The summed E-state index contributed by atoms with van der Waals surface area (Å²) in [5.41, 5.74) is 3.16. The topological polar surface area (TPSA) is 50.8 Å². The van der Waals surface area contributed by atoms with Gasteiger partial charge in [-0.3, -0.25) is 9.69 Å². The van der Waals surface area contributed by atoms with Crippen LogP contribution in [0.2, 0.25) is 0 Å². The standard InChI is InChI=1S/C24H21BrN2O3/c1-29-20-10-6-18(7-11-20)26-22-15-23(16-4-3-5-17(25)14-16)27(24(22)28)19-8-12-21(30-2)13-9-19/h3-15,23,26H,1-2H3/t23-/m1/s1. The largest absolute Gasteiger partial charge is 0.497 e. The van der Waals surface area contributed by atoms with Gasteiger partial charge in [0.25, 0.3) is 5.91 Å². The van der Waals surface area contributed by atoms with E-state index in [0.717, 1.165) is 32.9 Å². The molecule has 0 fully saturated rings. The van der Waals surface area contributed by atoms with E-state index in [1.54, 1.807) is 19.1 Å². The molecule has 0 saturated heterocycles. The van der Waals surface area contributed by atoms with Gasteiger partial charge in [0.1, 0.15) is 17.2 Å². The van der Waals surface area contributed by atoms with E-state index in [2.05, 4.69) is 21.2 Å². The summed E-state index contributed by atoms with van der Waals surface area (Å²) < 4.78 is 11.4. The molecule has 4 rings (SSSR count). The zero-order valence-corrected chi connectivity index (χ0v) is 18.2. The Labute approximate surface area is 184 Å². The number of carbonyl (C=O) groups excluding carboxylic acids is 1. The second-order valence-electron chi connectivity index (χ2n) is 6.81. The van der Waals surface area contributed by atoms with Crippen molar-refractivity contribution in [2.75, 3.05) is 24.4 Å². The number of halogens is 1.